The summed E-state index contributed by atoms with van der Waals surface area (Å²) in [5, 5.41) is 0. The van der Waals surface area contributed by atoms with E-state index in [-0.39, 0.29) is 0 Å². The van der Waals surface area contributed by atoms with E-state index in [0.29, 0.717) is 0 Å². The van der Waals surface area contributed by atoms with Crippen LogP contribution in [0.25, 0.3) is 0 Å². The van der Waals surface area contributed by atoms with Crippen molar-refractivity contribution in [3.05, 3.63) is 46.4 Å². The zero-order chi connectivity index (χ0) is 13.1. The van der Waals surface area contributed by atoms with E-state index in [0.717, 1.165) is 33.0 Å². The van der Waals surface area contributed by atoms with E-state index in [2.05, 4.69) is 15.9 Å². The van der Waals surface area contributed by atoms with E-state index in [9.17, 15) is 0 Å². The summed E-state index contributed by atoms with van der Waals surface area (Å²) in [6.07, 6.45) is 0. The second kappa shape index (κ2) is 5.31. The Morgan fingerprint density at radius 2 is 1.83 bits per heavy atom. The quantitative estimate of drug-likeness (QED) is 0.867. The second-order valence-corrected chi connectivity index (χ2v) is 4.77. The molecule has 94 valence electrons. The van der Waals surface area contributed by atoms with Crippen molar-refractivity contribution in [3.8, 4) is 17.2 Å². The van der Waals surface area contributed by atoms with E-state index in [1.807, 2.05) is 43.3 Å². The molecule has 0 amide bonds. The predicted molar refractivity (Wildman–Crippen MR) is 76.4 cm³/mol. The Balaban J connectivity index is 2.30. The van der Waals surface area contributed by atoms with Gasteiger partial charge in [-0.3, -0.25) is 0 Å². The lowest BCUT2D eigenvalue weighted by Crippen LogP contribution is -1.93. The van der Waals surface area contributed by atoms with Crippen LogP contribution in [0.1, 0.15) is 5.56 Å². The highest BCUT2D eigenvalue weighted by molar-refractivity contribution is 9.10. The highest BCUT2D eigenvalue weighted by Crippen LogP contribution is 2.34. The van der Waals surface area contributed by atoms with Gasteiger partial charge in [0.05, 0.1) is 11.6 Å². The van der Waals surface area contributed by atoms with Crippen LogP contribution in [-0.2, 0) is 0 Å². The highest BCUT2D eigenvalue weighted by Gasteiger charge is 2.06. The van der Waals surface area contributed by atoms with Gasteiger partial charge in [-0.05, 0) is 52.7 Å². The van der Waals surface area contributed by atoms with Crippen LogP contribution in [0.3, 0.4) is 0 Å². The number of rotatable bonds is 3. The van der Waals surface area contributed by atoms with Gasteiger partial charge in [0.25, 0.3) is 0 Å². The maximum atomic E-state index is 5.82. The van der Waals surface area contributed by atoms with Crippen molar-refractivity contribution in [1.82, 2.24) is 0 Å². The Labute approximate surface area is 115 Å². The van der Waals surface area contributed by atoms with Gasteiger partial charge < -0.3 is 15.2 Å². The first-order valence-electron chi connectivity index (χ1n) is 5.47. The number of methoxy groups -OCH3 is 1. The van der Waals surface area contributed by atoms with Crippen molar-refractivity contribution in [3.63, 3.8) is 0 Å². The summed E-state index contributed by atoms with van der Waals surface area (Å²) in [5.41, 5.74) is 7.54. The molecule has 2 aromatic rings. The molecule has 0 spiro atoms. The molecule has 0 unspecified atom stereocenters. The van der Waals surface area contributed by atoms with E-state index < -0.39 is 0 Å². The molecule has 4 heteroatoms. The number of ether oxygens (including phenoxy) is 2. The largest absolute Gasteiger partial charge is 0.497 e. The average molecular weight is 308 g/mol. The fraction of sp³-hybridized carbons (Fsp3) is 0.143. The Morgan fingerprint density at radius 3 is 2.56 bits per heavy atom. The standard InChI is InChI=1S/C14H14BrNO2/c1-9-6-14(12(15)8-13(9)16)18-11-5-3-4-10(7-11)17-2/h3-8H,16H2,1-2H3. The Morgan fingerprint density at radius 1 is 1.11 bits per heavy atom. The molecule has 0 radical (unpaired) electrons. The van der Waals surface area contributed by atoms with Crippen molar-refractivity contribution in [2.75, 3.05) is 12.8 Å². The molecule has 3 nitrogen and oxygen atoms in total. The maximum absolute atomic E-state index is 5.82. The van der Waals surface area contributed by atoms with Crippen molar-refractivity contribution in [2.24, 2.45) is 0 Å². The van der Waals surface area contributed by atoms with E-state index in [4.69, 9.17) is 15.2 Å². The van der Waals surface area contributed by atoms with Gasteiger partial charge in [0.1, 0.15) is 17.2 Å². The Kier molecular flexibility index (Phi) is 3.77. The van der Waals surface area contributed by atoms with Gasteiger partial charge >= 0.3 is 0 Å². The van der Waals surface area contributed by atoms with Gasteiger partial charge in [0.15, 0.2) is 0 Å². The summed E-state index contributed by atoms with van der Waals surface area (Å²) in [4.78, 5) is 0. The summed E-state index contributed by atoms with van der Waals surface area (Å²) < 4.78 is 11.8. The molecule has 0 saturated carbocycles. The molecule has 0 saturated heterocycles. The molecule has 0 heterocycles. The van der Waals surface area contributed by atoms with Crippen LogP contribution >= 0.6 is 15.9 Å². The molecule has 0 aliphatic carbocycles. The number of benzene rings is 2. The summed E-state index contributed by atoms with van der Waals surface area (Å²) in [7, 11) is 1.63. The molecule has 2 aromatic carbocycles. The van der Waals surface area contributed by atoms with Crippen LogP contribution in [0.5, 0.6) is 17.2 Å². The molecule has 0 aliphatic rings. The normalized spacial score (nSPS) is 10.2. The van der Waals surface area contributed by atoms with Gasteiger partial charge in [0, 0.05) is 11.8 Å². The number of aryl methyl sites for hydroxylation is 1. The fourth-order valence-electron chi connectivity index (χ4n) is 1.54. The van der Waals surface area contributed by atoms with E-state index in [1.165, 1.54) is 0 Å². The number of hydrogen-bond donors (Lipinski definition) is 1. The third-order valence-electron chi connectivity index (χ3n) is 2.59. The summed E-state index contributed by atoms with van der Waals surface area (Å²) >= 11 is 3.44. The first-order valence-corrected chi connectivity index (χ1v) is 6.27. The summed E-state index contributed by atoms with van der Waals surface area (Å²) in [5.74, 6) is 2.21. The Hall–Kier alpha value is -1.68. The SMILES string of the molecule is COc1cccc(Oc2cc(C)c(N)cc2Br)c1. The highest BCUT2D eigenvalue weighted by atomic mass is 79.9. The van der Waals surface area contributed by atoms with Gasteiger partial charge in [-0.15, -0.1) is 0 Å². The lowest BCUT2D eigenvalue weighted by Gasteiger charge is -2.11. The monoisotopic (exact) mass is 307 g/mol. The van der Waals surface area contributed by atoms with Gasteiger partial charge in [-0.2, -0.15) is 0 Å². The van der Waals surface area contributed by atoms with E-state index >= 15 is 0 Å². The second-order valence-electron chi connectivity index (χ2n) is 3.92. The van der Waals surface area contributed by atoms with Crippen LogP contribution in [-0.4, -0.2) is 7.11 Å². The van der Waals surface area contributed by atoms with Crippen molar-refractivity contribution >= 4 is 21.6 Å². The lowest BCUT2D eigenvalue weighted by atomic mass is 10.2. The van der Waals surface area contributed by atoms with Crippen LogP contribution in [0.2, 0.25) is 0 Å². The molecule has 0 fully saturated rings. The smallest absolute Gasteiger partial charge is 0.142 e. The van der Waals surface area contributed by atoms with Crippen LogP contribution in [0.4, 0.5) is 5.69 Å². The number of nitrogen functional groups attached to an aromatic ring is 1. The zero-order valence-corrected chi connectivity index (χ0v) is 11.8. The molecule has 2 rings (SSSR count). The average Bonchev–Trinajstić information content (AvgIpc) is 2.36. The Bertz CT molecular complexity index is 570. The third kappa shape index (κ3) is 2.76. The molecule has 18 heavy (non-hydrogen) atoms. The van der Waals surface area contributed by atoms with Crippen LogP contribution in [0.15, 0.2) is 40.9 Å². The van der Waals surface area contributed by atoms with Crippen molar-refractivity contribution < 1.29 is 9.47 Å². The van der Waals surface area contributed by atoms with E-state index in [1.54, 1.807) is 7.11 Å². The minimum Gasteiger partial charge on any atom is -0.497 e. The molecule has 0 aromatic heterocycles. The predicted octanol–water partition coefficient (Wildman–Crippen LogP) is 4.14. The summed E-state index contributed by atoms with van der Waals surface area (Å²) in [6.45, 7) is 1.94. The first-order chi connectivity index (χ1) is 8.60. The molecule has 0 aliphatic heterocycles. The van der Waals surface area contributed by atoms with Crippen molar-refractivity contribution in [2.45, 2.75) is 6.92 Å². The minimum atomic E-state index is 0.722. The first kappa shape index (κ1) is 12.8. The fourth-order valence-corrected chi connectivity index (χ4v) is 1.98. The third-order valence-corrected chi connectivity index (χ3v) is 3.21. The number of anilines is 1. The molecular formula is C14H14BrNO2. The maximum Gasteiger partial charge on any atom is 0.142 e. The van der Waals surface area contributed by atoms with Crippen LogP contribution < -0.4 is 15.2 Å². The number of nitrogens with two attached hydrogens (primary N) is 1. The lowest BCUT2D eigenvalue weighted by molar-refractivity contribution is 0.409. The molecule has 0 bridgehead atoms. The van der Waals surface area contributed by atoms with Gasteiger partial charge in [-0.25, -0.2) is 0 Å². The summed E-state index contributed by atoms with van der Waals surface area (Å²) in [6, 6.07) is 11.2. The number of hydrogen-bond acceptors (Lipinski definition) is 3. The van der Waals surface area contributed by atoms with Gasteiger partial charge in [0.2, 0.25) is 0 Å². The minimum absolute atomic E-state index is 0.722. The number of halogens is 1. The van der Waals surface area contributed by atoms with Crippen LogP contribution in [0, 0.1) is 6.92 Å². The molecule has 2 N–H and O–H groups in total. The topological polar surface area (TPSA) is 44.5 Å². The molecule has 0 atom stereocenters. The zero-order valence-electron chi connectivity index (χ0n) is 10.2. The molecular weight excluding hydrogens is 294 g/mol. The van der Waals surface area contributed by atoms with Gasteiger partial charge in [-0.1, -0.05) is 6.07 Å². The van der Waals surface area contributed by atoms with Crippen molar-refractivity contribution in [1.29, 1.82) is 0 Å².